The van der Waals surface area contributed by atoms with Crippen molar-refractivity contribution in [3.05, 3.63) is 45.3 Å². The normalized spacial score (nSPS) is 20.1. The number of benzene rings is 1. The molecule has 1 aliphatic heterocycles. The number of hydrogen-bond acceptors (Lipinski definition) is 5. The first-order valence-corrected chi connectivity index (χ1v) is 11.6. The molecular weight excluding hydrogens is 376 g/mol. The van der Waals surface area contributed by atoms with Crippen LogP contribution in [0.1, 0.15) is 68.6 Å². The summed E-state index contributed by atoms with van der Waals surface area (Å²) >= 11 is 0. The summed E-state index contributed by atoms with van der Waals surface area (Å²) in [5.41, 5.74) is 4.18. The third kappa shape index (κ3) is 4.48. The van der Waals surface area contributed by atoms with Crippen molar-refractivity contribution in [3.63, 3.8) is 0 Å². The van der Waals surface area contributed by atoms with Crippen LogP contribution in [0.15, 0.2) is 27.4 Å². The molecule has 0 unspecified atom stereocenters. The predicted molar refractivity (Wildman–Crippen MR) is 121 cm³/mol. The predicted octanol–water partition coefficient (Wildman–Crippen LogP) is 4.35. The Hall–Kier alpha value is -1.69. The molecule has 30 heavy (non-hydrogen) atoms. The van der Waals surface area contributed by atoms with Crippen LogP contribution in [0.25, 0.3) is 11.0 Å². The second-order valence-electron chi connectivity index (χ2n) is 9.44. The van der Waals surface area contributed by atoms with Crippen molar-refractivity contribution < 1.29 is 9.15 Å². The van der Waals surface area contributed by atoms with E-state index in [9.17, 15) is 4.79 Å². The molecule has 2 heterocycles. The van der Waals surface area contributed by atoms with Crippen LogP contribution in [0.4, 0.5) is 0 Å². The van der Waals surface area contributed by atoms with Crippen LogP contribution in [-0.2, 0) is 11.3 Å². The van der Waals surface area contributed by atoms with E-state index in [0.29, 0.717) is 18.0 Å². The molecule has 2 aliphatic rings. The molecule has 1 aromatic heterocycles. The Morgan fingerprint density at radius 3 is 2.53 bits per heavy atom. The minimum absolute atomic E-state index is 0.219. The molecule has 1 saturated heterocycles. The van der Waals surface area contributed by atoms with Crippen LogP contribution < -0.4 is 10.9 Å². The Bertz CT molecular complexity index is 922. The quantitative estimate of drug-likeness (QED) is 0.715. The number of nitrogens with zero attached hydrogens (tertiary/aromatic N) is 1. The third-order valence-corrected chi connectivity index (χ3v) is 7.07. The van der Waals surface area contributed by atoms with E-state index in [-0.39, 0.29) is 11.2 Å². The molecule has 5 nitrogen and oxygen atoms in total. The first kappa shape index (κ1) is 21.5. The van der Waals surface area contributed by atoms with Gasteiger partial charge >= 0.3 is 5.63 Å². The van der Waals surface area contributed by atoms with Gasteiger partial charge in [0, 0.05) is 43.2 Å². The lowest BCUT2D eigenvalue weighted by Crippen LogP contribution is -2.59. The first-order valence-electron chi connectivity index (χ1n) is 11.6. The second-order valence-corrected chi connectivity index (χ2v) is 9.44. The zero-order valence-electron chi connectivity index (χ0n) is 18.8. The summed E-state index contributed by atoms with van der Waals surface area (Å²) in [5.74, 6) is 0.439. The number of ether oxygens (including phenoxy) is 1. The van der Waals surface area contributed by atoms with Gasteiger partial charge in [0.25, 0.3) is 0 Å². The van der Waals surface area contributed by atoms with Gasteiger partial charge in [-0.3, -0.25) is 4.90 Å². The fourth-order valence-electron chi connectivity index (χ4n) is 5.44. The van der Waals surface area contributed by atoms with Crippen LogP contribution in [0, 0.1) is 6.92 Å². The molecule has 0 bridgehead atoms. The lowest BCUT2D eigenvalue weighted by Gasteiger charge is -2.48. The van der Waals surface area contributed by atoms with E-state index >= 15 is 0 Å². The highest BCUT2D eigenvalue weighted by molar-refractivity contribution is 5.82. The molecule has 1 N–H and O–H groups in total. The standard InChI is InChI=1S/C25H36N2O3/c1-18(2)21-15-22-20(14-24(28)30-23(22)13-19(21)3)16-26-17-25(7-5-4-6-8-25)27-9-11-29-12-10-27/h13-15,18,26H,4-12,16-17H2,1-3H3. The molecule has 4 rings (SSSR count). The molecule has 1 saturated carbocycles. The van der Waals surface area contributed by atoms with Gasteiger partial charge in [-0.25, -0.2) is 4.79 Å². The van der Waals surface area contributed by atoms with E-state index in [2.05, 4.69) is 37.1 Å². The molecule has 1 aromatic carbocycles. The molecular formula is C25H36N2O3. The minimum Gasteiger partial charge on any atom is -0.423 e. The molecule has 1 aliphatic carbocycles. The molecule has 5 heteroatoms. The van der Waals surface area contributed by atoms with Gasteiger partial charge in [0.1, 0.15) is 5.58 Å². The maximum atomic E-state index is 12.2. The van der Waals surface area contributed by atoms with E-state index in [4.69, 9.17) is 9.15 Å². The van der Waals surface area contributed by atoms with Crippen molar-refractivity contribution in [2.24, 2.45) is 0 Å². The van der Waals surface area contributed by atoms with E-state index in [0.717, 1.165) is 43.8 Å². The van der Waals surface area contributed by atoms with Crippen molar-refractivity contribution in [1.29, 1.82) is 0 Å². The fraction of sp³-hybridized carbons (Fsp3) is 0.640. The summed E-state index contributed by atoms with van der Waals surface area (Å²) < 4.78 is 11.1. The maximum absolute atomic E-state index is 12.2. The van der Waals surface area contributed by atoms with Gasteiger partial charge in [-0.05, 0) is 54.5 Å². The number of aryl methyl sites for hydroxylation is 1. The van der Waals surface area contributed by atoms with Crippen molar-refractivity contribution >= 4 is 11.0 Å². The van der Waals surface area contributed by atoms with Crippen LogP contribution in [0.3, 0.4) is 0 Å². The van der Waals surface area contributed by atoms with Crippen LogP contribution in [-0.4, -0.2) is 43.3 Å². The average Bonchev–Trinajstić information content (AvgIpc) is 2.74. The Morgan fingerprint density at radius 1 is 1.10 bits per heavy atom. The minimum atomic E-state index is -0.267. The average molecular weight is 413 g/mol. The lowest BCUT2D eigenvalue weighted by atomic mass is 9.79. The number of hydrogen-bond donors (Lipinski definition) is 1. The summed E-state index contributed by atoms with van der Waals surface area (Å²) in [7, 11) is 0. The van der Waals surface area contributed by atoms with E-state index < -0.39 is 0 Å². The third-order valence-electron chi connectivity index (χ3n) is 7.07. The van der Waals surface area contributed by atoms with Crippen LogP contribution in [0.2, 0.25) is 0 Å². The summed E-state index contributed by atoms with van der Waals surface area (Å²) in [6.07, 6.45) is 6.43. The summed E-state index contributed by atoms with van der Waals surface area (Å²) in [6, 6.07) is 5.90. The van der Waals surface area contributed by atoms with Crippen molar-refractivity contribution in [2.45, 2.75) is 70.9 Å². The highest BCUT2D eigenvalue weighted by atomic mass is 16.5. The SMILES string of the molecule is Cc1cc2oc(=O)cc(CNCC3(N4CCOCC4)CCCCC3)c2cc1C(C)C. The van der Waals surface area contributed by atoms with Crippen molar-refractivity contribution in [1.82, 2.24) is 10.2 Å². The second kappa shape index (κ2) is 9.21. The Morgan fingerprint density at radius 2 is 1.83 bits per heavy atom. The van der Waals surface area contributed by atoms with Gasteiger partial charge in [-0.1, -0.05) is 33.1 Å². The highest BCUT2D eigenvalue weighted by Gasteiger charge is 2.38. The molecule has 2 aromatic rings. The fourth-order valence-corrected chi connectivity index (χ4v) is 5.44. The van der Waals surface area contributed by atoms with Gasteiger partial charge in [0.2, 0.25) is 0 Å². The molecule has 0 atom stereocenters. The van der Waals surface area contributed by atoms with Gasteiger partial charge in [-0.2, -0.15) is 0 Å². The molecule has 0 spiro atoms. The highest BCUT2D eigenvalue weighted by Crippen LogP contribution is 2.34. The topological polar surface area (TPSA) is 54.7 Å². The summed E-state index contributed by atoms with van der Waals surface area (Å²) in [4.78, 5) is 14.8. The van der Waals surface area contributed by atoms with Gasteiger partial charge in [0.05, 0.1) is 13.2 Å². The van der Waals surface area contributed by atoms with Gasteiger partial charge < -0.3 is 14.5 Å². The Labute approximate surface area is 179 Å². The lowest BCUT2D eigenvalue weighted by molar-refractivity contribution is -0.0369. The number of morpholine rings is 1. The molecule has 2 fully saturated rings. The molecule has 0 radical (unpaired) electrons. The monoisotopic (exact) mass is 412 g/mol. The first-order chi connectivity index (χ1) is 14.5. The zero-order valence-corrected chi connectivity index (χ0v) is 18.8. The largest absolute Gasteiger partial charge is 0.423 e. The summed E-state index contributed by atoms with van der Waals surface area (Å²) in [5, 5.41) is 4.79. The molecule has 164 valence electrons. The van der Waals surface area contributed by atoms with Gasteiger partial charge in [-0.15, -0.1) is 0 Å². The zero-order chi connectivity index (χ0) is 21.1. The number of fused-ring (bicyclic) bond motifs is 1. The van der Waals surface area contributed by atoms with Crippen molar-refractivity contribution in [2.75, 3.05) is 32.8 Å². The summed E-state index contributed by atoms with van der Waals surface area (Å²) in [6.45, 7) is 11.9. The van der Waals surface area contributed by atoms with E-state index in [1.54, 1.807) is 6.07 Å². The number of nitrogens with one attached hydrogen (secondary N) is 1. The van der Waals surface area contributed by atoms with Crippen LogP contribution in [0.5, 0.6) is 0 Å². The van der Waals surface area contributed by atoms with Crippen LogP contribution >= 0.6 is 0 Å². The Kier molecular flexibility index (Phi) is 6.61. The number of rotatable bonds is 6. The molecule has 0 amide bonds. The maximum Gasteiger partial charge on any atom is 0.336 e. The van der Waals surface area contributed by atoms with E-state index in [1.165, 1.54) is 43.2 Å². The van der Waals surface area contributed by atoms with E-state index in [1.807, 2.05) is 6.07 Å². The van der Waals surface area contributed by atoms with Gasteiger partial charge in [0.15, 0.2) is 0 Å². The van der Waals surface area contributed by atoms with Crippen molar-refractivity contribution in [3.8, 4) is 0 Å². The Balaban J connectivity index is 1.56. The smallest absolute Gasteiger partial charge is 0.336 e.